The fourth-order valence-corrected chi connectivity index (χ4v) is 4.21. The summed E-state index contributed by atoms with van der Waals surface area (Å²) in [6, 6.07) is 1.78. The lowest BCUT2D eigenvalue weighted by molar-refractivity contribution is -0.0617. The van der Waals surface area contributed by atoms with Gasteiger partial charge in [-0.3, -0.25) is 0 Å². The zero-order valence-corrected chi connectivity index (χ0v) is 14.8. The summed E-state index contributed by atoms with van der Waals surface area (Å²) in [5, 5.41) is 15.7. The highest BCUT2D eigenvalue weighted by atomic mass is 16.6. The van der Waals surface area contributed by atoms with Crippen molar-refractivity contribution in [3.8, 4) is 0 Å². The van der Waals surface area contributed by atoms with Crippen molar-refractivity contribution in [2.75, 3.05) is 0 Å². The highest BCUT2D eigenvalue weighted by Crippen LogP contribution is 2.46. The number of ether oxygens (including phenoxy) is 1. The molecule has 0 radical (unpaired) electrons. The van der Waals surface area contributed by atoms with Crippen molar-refractivity contribution in [1.82, 2.24) is 19.5 Å². The van der Waals surface area contributed by atoms with Crippen molar-refractivity contribution in [3.05, 3.63) is 30.2 Å². The van der Waals surface area contributed by atoms with Crippen LogP contribution >= 0.6 is 0 Å². The van der Waals surface area contributed by atoms with Crippen LogP contribution in [-0.4, -0.2) is 48.4 Å². The van der Waals surface area contributed by atoms with Crippen LogP contribution in [0.1, 0.15) is 52.0 Å². The molecule has 2 aromatic heterocycles. The number of amides is 1. The number of aromatic nitrogens is 3. The molecule has 2 saturated heterocycles. The molecule has 0 aliphatic carbocycles. The Kier molecular flexibility index (Phi) is 3.54. The van der Waals surface area contributed by atoms with Crippen LogP contribution < -0.4 is 0 Å². The number of hydrogen-bond acceptors (Lipinski definition) is 5. The van der Waals surface area contributed by atoms with Gasteiger partial charge in [0.2, 0.25) is 0 Å². The molecule has 7 heteroatoms. The average molecular weight is 344 g/mol. The largest absolute Gasteiger partial charge is 0.444 e. The Morgan fingerprint density at radius 2 is 2.00 bits per heavy atom. The zero-order valence-electron chi connectivity index (χ0n) is 14.8. The summed E-state index contributed by atoms with van der Waals surface area (Å²) >= 11 is 0. The summed E-state index contributed by atoms with van der Waals surface area (Å²) in [5.41, 5.74) is -0.110. The lowest BCUT2D eigenvalue weighted by Crippen LogP contribution is -2.53. The highest BCUT2D eigenvalue weighted by Gasteiger charge is 2.52. The van der Waals surface area contributed by atoms with Crippen molar-refractivity contribution in [2.45, 2.75) is 69.7 Å². The molecule has 4 heterocycles. The van der Waals surface area contributed by atoms with Crippen LogP contribution in [0.15, 0.2) is 24.7 Å². The monoisotopic (exact) mass is 344 g/mol. The second-order valence-electron chi connectivity index (χ2n) is 8.16. The van der Waals surface area contributed by atoms with E-state index in [1.54, 1.807) is 16.9 Å². The number of carbonyl (C=O) groups excluding carboxylic acids is 1. The minimum absolute atomic E-state index is 0.0164. The Morgan fingerprint density at radius 3 is 2.64 bits per heavy atom. The molecule has 2 bridgehead atoms. The van der Waals surface area contributed by atoms with E-state index >= 15 is 0 Å². The van der Waals surface area contributed by atoms with Crippen LogP contribution in [0.5, 0.6) is 0 Å². The van der Waals surface area contributed by atoms with Crippen molar-refractivity contribution in [2.24, 2.45) is 0 Å². The smallest absolute Gasteiger partial charge is 0.410 e. The Hall–Kier alpha value is -2.15. The lowest BCUT2D eigenvalue weighted by Gasteiger charge is -2.43. The second-order valence-corrected chi connectivity index (χ2v) is 8.16. The second kappa shape index (κ2) is 5.42. The predicted molar refractivity (Wildman–Crippen MR) is 91.0 cm³/mol. The van der Waals surface area contributed by atoms with Gasteiger partial charge >= 0.3 is 6.09 Å². The Balaban J connectivity index is 1.61. The summed E-state index contributed by atoms with van der Waals surface area (Å²) in [6.07, 6.45) is 7.69. The van der Waals surface area contributed by atoms with Crippen molar-refractivity contribution in [3.63, 3.8) is 0 Å². The number of nitrogens with zero attached hydrogens (tertiary/aromatic N) is 4. The van der Waals surface area contributed by atoms with Crippen LogP contribution in [0.4, 0.5) is 4.79 Å². The van der Waals surface area contributed by atoms with E-state index in [1.165, 1.54) is 0 Å². The SMILES string of the molecule is CC(C)(C)OC(=O)N1C2CCC1CC(O)(c1cnn3cccnc13)C2. The molecule has 2 aliphatic rings. The van der Waals surface area contributed by atoms with Crippen molar-refractivity contribution < 1.29 is 14.6 Å². The molecule has 0 spiro atoms. The molecule has 7 nitrogen and oxygen atoms in total. The highest BCUT2D eigenvalue weighted by molar-refractivity contribution is 5.70. The van der Waals surface area contributed by atoms with Crippen LogP contribution in [0.2, 0.25) is 0 Å². The summed E-state index contributed by atoms with van der Waals surface area (Å²) in [7, 11) is 0. The van der Waals surface area contributed by atoms with Crippen LogP contribution in [0, 0.1) is 0 Å². The summed E-state index contributed by atoms with van der Waals surface area (Å²) < 4.78 is 7.24. The van der Waals surface area contributed by atoms with E-state index in [0.29, 0.717) is 18.5 Å². The normalized spacial score (nSPS) is 29.2. The van der Waals surface area contributed by atoms with Gasteiger partial charge in [-0.15, -0.1) is 0 Å². The molecule has 4 rings (SSSR count). The average Bonchev–Trinajstić information content (AvgIpc) is 3.06. The number of fused-ring (bicyclic) bond motifs is 3. The van der Waals surface area contributed by atoms with Crippen molar-refractivity contribution in [1.29, 1.82) is 0 Å². The third kappa shape index (κ3) is 2.76. The number of piperidine rings is 1. The Bertz CT molecular complexity index is 796. The third-order valence-corrected chi connectivity index (χ3v) is 5.15. The molecule has 2 aromatic rings. The van der Waals surface area contributed by atoms with Gasteiger partial charge < -0.3 is 14.7 Å². The quantitative estimate of drug-likeness (QED) is 0.860. The number of carbonyl (C=O) groups is 1. The minimum atomic E-state index is -1.01. The predicted octanol–water partition coefficient (Wildman–Crippen LogP) is 2.48. The number of hydrogen-bond donors (Lipinski definition) is 1. The van der Waals surface area contributed by atoms with Gasteiger partial charge in [0.05, 0.1) is 11.8 Å². The molecule has 134 valence electrons. The Morgan fingerprint density at radius 1 is 1.32 bits per heavy atom. The maximum absolute atomic E-state index is 12.6. The molecule has 1 N–H and O–H groups in total. The number of aliphatic hydroxyl groups is 1. The first-order valence-corrected chi connectivity index (χ1v) is 8.79. The van der Waals surface area contributed by atoms with Gasteiger partial charge in [0.15, 0.2) is 5.65 Å². The van der Waals surface area contributed by atoms with E-state index in [2.05, 4.69) is 10.1 Å². The first-order chi connectivity index (χ1) is 11.8. The summed E-state index contributed by atoms with van der Waals surface area (Å²) in [4.78, 5) is 18.8. The van der Waals surface area contributed by atoms with E-state index in [9.17, 15) is 9.90 Å². The van der Waals surface area contributed by atoms with E-state index < -0.39 is 11.2 Å². The van der Waals surface area contributed by atoms with E-state index in [0.717, 1.165) is 18.4 Å². The first-order valence-electron chi connectivity index (χ1n) is 8.79. The van der Waals surface area contributed by atoms with Gasteiger partial charge in [-0.1, -0.05) is 0 Å². The third-order valence-electron chi connectivity index (χ3n) is 5.15. The topological polar surface area (TPSA) is 80.0 Å². The molecule has 2 atom stereocenters. The van der Waals surface area contributed by atoms with Gasteiger partial charge in [0, 0.05) is 42.9 Å². The van der Waals surface area contributed by atoms with Crippen molar-refractivity contribution >= 4 is 11.7 Å². The maximum atomic E-state index is 12.6. The zero-order chi connectivity index (χ0) is 17.8. The molecule has 2 fully saturated rings. The van der Waals surface area contributed by atoms with Gasteiger partial charge in [0.25, 0.3) is 0 Å². The molecule has 2 unspecified atom stereocenters. The van der Waals surface area contributed by atoms with Gasteiger partial charge in [0.1, 0.15) is 5.60 Å². The van der Waals surface area contributed by atoms with Gasteiger partial charge in [-0.05, 0) is 39.7 Å². The standard InChI is InChI=1S/C18H24N4O3/c1-17(2,3)25-16(23)22-12-5-6-13(22)10-18(24,9-12)14-11-20-21-8-4-7-19-15(14)21/h4,7-8,11-13,24H,5-6,9-10H2,1-3H3. The Labute approximate surface area is 146 Å². The van der Waals surface area contributed by atoms with E-state index in [4.69, 9.17) is 4.74 Å². The molecule has 0 saturated carbocycles. The van der Waals surface area contributed by atoms with Gasteiger partial charge in [-0.25, -0.2) is 14.3 Å². The lowest BCUT2D eigenvalue weighted by atomic mass is 9.81. The maximum Gasteiger partial charge on any atom is 0.410 e. The molecule has 1 amide bonds. The summed E-state index contributed by atoms with van der Waals surface area (Å²) in [5.74, 6) is 0. The van der Waals surface area contributed by atoms with Gasteiger partial charge in [-0.2, -0.15) is 5.10 Å². The minimum Gasteiger partial charge on any atom is -0.444 e. The van der Waals surface area contributed by atoms with Crippen LogP contribution in [0.25, 0.3) is 5.65 Å². The number of rotatable bonds is 1. The molecular formula is C18H24N4O3. The van der Waals surface area contributed by atoms with E-state index in [-0.39, 0.29) is 18.2 Å². The fourth-order valence-electron chi connectivity index (χ4n) is 4.21. The van der Waals surface area contributed by atoms with Crippen LogP contribution in [0.3, 0.4) is 0 Å². The fraction of sp³-hybridized carbons (Fsp3) is 0.611. The molecule has 25 heavy (non-hydrogen) atoms. The molecule has 0 aromatic carbocycles. The first kappa shape index (κ1) is 16.3. The summed E-state index contributed by atoms with van der Waals surface area (Å²) in [6.45, 7) is 5.62. The van der Waals surface area contributed by atoms with E-state index in [1.807, 2.05) is 37.9 Å². The van der Waals surface area contributed by atoms with Crippen LogP contribution in [-0.2, 0) is 10.3 Å². The molecule has 2 aliphatic heterocycles. The molecular weight excluding hydrogens is 320 g/mol.